The summed E-state index contributed by atoms with van der Waals surface area (Å²) in [5, 5.41) is 0. The van der Waals surface area contributed by atoms with Crippen LogP contribution in [-0.4, -0.2) is 6.67 Å². The van der Waals surface area contributed by atoms with Gasteiger partial charge in [-0.2, -0.15) is 0 Å². The van der Waals surface area contributed by atoms with E-state index in [9.17, 15) is 4.39 Å². The molecule has 0 nitrogen and oxygen atoms in total. The highest BCUT2D eigenvalue weighted by atomic mass is 19.1. The molecule has 1 heteroatoms. The highest BCUT2D eigenvalue weighted by molar-refractivity contribution is 5.10. The average Bonchev–Trinajstić information content (AvgIpc) is 2.25. The van der Waals surface area contributed by atoms with E-state index >= 15 is 0 Å². The van der Waals surface area contributed by atoms with Gasteiger partial charge in [0.25, 0.3) is 0 Å². The molecule has 0 saturated carbocycles. The second kappa shape index (κ2) is 7.03. The number of hydrogen-bond donors (Lipinski definition) is 0. The van der Waals surface area contributed by atoms with Crippen LogP contribution in [0.4, 0.5) is 4.39 Å². The highest BCUT2D eigenvalue weighted by Gasteiger charge is 2.29. The van der Waals surface area contributed by atoms with Crippen LogP contribution in [0.2, 0.25) is 0 Å². The third-order valence-electron chi connectivity index (χ3n) is 3.97. The Morgan fingerprint density at radius 3 is 2.13 bits per heavy atom. The Balaban J connectivity index is 4.53. The van der Waals surface area contributed by atoms with E-state index in [4.69, 9.17) is 0 Å². The molecule has 0 saturated heterocycles. The Morgan fingerprint density at radius 1 is 1.27 bits per heavy atom. The second-order valence-corrected chi connectivity index (χ2v) is 4.75. The summed E-state index contributed by atoms with van der Waals surface area (Å²) >= 11 is 0. The first kappa shape index (κ1) is 14.7. The van der Waals surface area contributed by atoms with Crippen molar-refractivity contribution in [3.63, 3.8) is 0 Å². The molecule has 0 aliphatic heterocycles. The summed E-state index contributed by atoms with van der Waals surface area (Å²) < 4.78 is 12.6. The zero-order valence-electron chi connectivity index (χ0n) is 10.9. The van der Waals surface area contributed by atoms with Gasteiger partial charge in [-0.1, -0.05) is 46.3 Å². The second-order valence-electron chi connectivity index (χ2n) is 4.75. The van der Waals surface area contributed by atoms with Crippen molar-refractivity contribution >= 4 is 0 Å². The normalized spacial score (nSPS) is 13.9. The fourth-order valence-electron chi connectivity index (χ4n) is 2.24. The SMILES string of the molecule is C=C(CC(C)CC)C(CC)(CC)CCF. The standard InChI is InChI=1S/C14H27F/c1-6-12(4)11-13(5)14(7-2,8-3)9-10-15/h12H,5-11H2,1-4H3. The first-order chi connectivity index (χ1) is 7.06. The van der Waals surface area contributed by atoms with Gasteiger partial charge in [0.2, 0.25) is 0 Å². The van der Waals surface area contributed by atoms with Gasteiger partial charge in [-0.05, 0) is 37.0 Å². The van der Waals surface area contributed by atoms with Crippen LogP contribution in [0, 0.1) is 11.3 Å². The molecule has 0 N–H and O–H groups in total. The van der Waals surface area contributed by atoms with Gasteiger partial charge in [0.15, 0.2) is 0 Å². The van der Waals surface area contributed by atoms with Gasteiger partial charge in [-0.15, -0.1) is 0 Å². The largest absolute Gasteiger partial charge is 0.251 e. The molecular formula is C14H27F. The lowest BCUT2D eigenvalue weighted by Gasteiger charge is -2.34. The summed E-state index contributed by atoms with van der Waals surface area (Å²) in [5.74, 6) is 0.676. The van der Waals surface area contributed by atoms with Crippen LogP contribution in [0.1, 0.15) is 59.8 Å². The number of rotatable bonds is 8. The molecule has 0 amide bonds. The fraction of sp³-hybridized carbons (Fsp3) is 0.857. The maximum absolute atomic E-state index is 12.6. The summed E-state index contributed by atoms with van der Waals surface area (Å²) in [5.41, 5.74) is 1.32. The predicted octanol–water partition coefficient (Wildman–Crippen LogP) is 5.14. The van der Waals surface area contributed by atoms with Crippen molar-refractivity contribution in [3.05, 3.63) is 12.2 Å². The van der Waals surface area contributed by atoms with E-state index in [0.717, 1.165) is 19.3 Å². The molecule has 1 unspecified atom stereocenters. The van der Waals surface area contributed by atoms with Gasteiger partial charge in [-0.3, -0.25) is 4.39 Å². The zero-order chi connectivity index (χ0) is 11.9. The molecule has 0 aromatic carbocycles. The summed E-state index contributed by atoms with van der Waals surface area (Å²) in [4.78, 5) is 0. The Kier molecular flexibility index (Phi) is 6.87. The zero-order valence-corrected chi connectivity index (χ0v) is 10.9. The molecular weight excluding hydrogens is 187 g/mol. The van der Waals surface area contributed by atoms with Gasteiger partial charge < -0.3 is 0 Å². The van der Waals surface area contributed by atoms with Crippen molar-refractivity contribution in [1.82, 2.24) is 0 Å². The van der Waals surface area contributed by atoms with Crippen molar-refractivity contribution in [2.75, 3.05) is 6.67 Å². The Hall–Kier alpha value is -0.330. The van der Waals surface area contributed by atoms with Gasteiger partial charge >= 0.3 is 0 Å². The van der Waals surface area contributed by atoms with E-state index < -0.39 is 0 Å². The van der Waals surface area contributed by atoms with Gasteiger partial charge in [0, 0.05) is 0 Å². The van der Waals surface area contributed by atoms with Crippen LogP contribution in [0.25, 0.3) is 0 Å². The predicted molar refractivity (Wildman–Crippen MR) is 66.8 cm³/mol. The van der Waals surface area contributed by atoms with Gasteiger partial charge in [0.05, 0.1) is 6.67 Å². The summed E-state index contributed by atoms with van der Waals surface area (Å²) in [6.45, 7) is 12.7. The van der Waals surface area contributed by atoms with Crippen molar-refractivity contribution in [3.8, 4) is 0 Å². The minimum Gasteiger partial charge on any atom is -0.251 e. The molecule has 0 aromatic heterocycles. The van der Waals surface area contributed by atoms with Crippen molar-refractivity contribution < 1.29 is 4.39 Å². The van der Waals surface area contributed by atoms with Crippen LogP contribution in [-0.2, 0) is 0 Å². The molecule has 90 valence electrons. The number of alkyl halides is 1. The van der Waals surface area contributed by atoms with E-state index in [1.807, 2.05) is 0 Å². The lowest BCUT2D eigenvalue weighted by Crippen LogP contribution is -2.23. The van der Waals surface area contributed by atoms with Crippen LogP contribution >= 0.6 is 0 Å². The molecule has 0 spiro atoms. The van der Waals surface area contributed by atoms with E-state index in [1.165, 1.54) is 12.0 Å². The molecule has 0 fully saturated rings. The topological polar surface area (TPSA) is 0 Å². The molecule has 0 aliphatic carbocycles. The van der Waals surface area contributed by atoms with Crippen LogP contribution in [0.3, 0.4) is 0 Å². The highest BCUT2D eigenvalue weighted by Crippen LogP contribution is 2.41. The first-order valence-electron chi connectivity index (χ1n) is 6.30. The minimum absolute atomic E-state index is 0.0537. The smallest absolute Gasteiger partial charge is 0.0902 e. The Bertz CT molecular complexity index is 180. The average molecular weight is 214 g/mol. The van der Waals surface area contributed by atoms with E-state index in [-0.39, 0.29) is 12.1 Å². The summed E-state index contributed by atoms with van der Waals surface area (Å²) in [6.07, 6.45) is 4.91. The lowest BCUT2D eigenvalue weighted by atomic mass is 9.71. The molecule has 0 bridgehead atoms. The van der Waals surface area contributed by atoms with Crippen LogP contribution in [0.5, 0.6) is 0 Å². The monoisotopic (exact) mass is 214 g/mol. The van der Waals surface area contributed by atoms with E-state index in [0.29, 0.717) is 12.3 Å². The van der Waals surface area contributed by atoms with E-state index in [2.05, 4.69) is 34.3 Å². The summed E-state index contributed by atoms with van der Waals surface area (Å²) in [7, 11) is 0. The molecule has 0 heterocycles. The first-order valence-corrected chi connectivity index (χ1v) is 6.30. The maximum atomic E-state index is 12.6. The summed E-state index contributed by atoms with van der Waals surface area (Å²) in [6, 6.07) is 0. The van der Waals surface area contributed by atoms with Crippen molar-refractivity contribution in [1.29, 1.82) is 0 Å². The Labute approximate surface area is 95.0 Å². The van der Waals surface area contributed by atoms with Crippen LogP contribution in [0.15, 0.2) is 12.2 Å². The lowest BCUT2D eigenvalue weighted by molar-refractivity contribution is 0.250. The number of hydrogen-bond acceptors (Lipinski definition) is 0. The van der Waals surface area contributed by atoms with Crippen LogP contribution < -0.4 is 0 Å². The molecule has 0 aliphatic rings. The van der Waals surface area contributed by atoms with Crippen molar-refractivity contribution in [2.24, 2.45) is 11.3 Å². The molecule has 15 heavy (non-hydrogen) atoms. The number of allylic oxidation sites excluding steroid dienone is 1. The van der Waals surface area contributed by atoms with E-state index in [1.54, 1.807) is 0 Å². The van der Waals surface area contributed by atoms with Crippen molar-refractivity contribution in [2.45, 2.75) is 59.8 Å². The molecule has 0 aromatic rings. The molecule has 0 rings (SSSR count). The molecule has 0 radical (unpaired) electrons. The number of halogens is 1. The third kappa shape index (κ3) is 3.96. The Morgan fingerprint density at radius 2 is 1.80 bits per heavy atom. The third-order valence-corrected chi connectivity index (χ3v) is 3.97. The fourth-order valence-corrected chi connectivity index (χ4v) is 2.24. The van der Waals surface area contributed by atoms with Gasteiger partial charge in [0.1, 0.15) is 0 Å². The van der Waals surface area contributed by atoms with Gasteiger partial charge in [-0.25, -0.2) is 0 Å². The minimum atomic E-state index is -0.221. The maximum Gasteiger partial charge on any atom is 0.0902 e. The molecule has 1 atom stereocenters. The quantitative estimate of drug-likeness (QED) is 0.490.